The number of guanidine groups is 1. The number of methoxy groups -OCH3 is 1. The van der Waals surface area contributed by atoms with Crippen molar-refractivity contribution in [1.82, 2.24) is 15.1 Å². The third-order valence-corrected chi connectivity index (χ3v) is 6.20. The maximum absolute atomic E-state index is 5.36. The molecule has 29 heavy (non-hydrogen) atoms. The van der Waals surface area contributed by atoms with Crippen LogP contribution in [0.25, 0.3) is 0 Å². The largest absolute Gasteiger partial charge is 0.497 e. The summed E-state index contributed by atoms with van der Waals surface area (Å²) in [5.41, 5.74) is 1.24. The van der Waals surface area contributed by atoms with Crippen LogP contribution >= 0.6 is 24.0 Å². The van der Waals surface area contributed by atoms with Crippen LogP contribution in [0.3, 0.4) is 0 Å². The van der Waals surface area contributed by atoms with Gasteiger partial charge in [-0.05, 0) is 56.9 Å². The van der Waals surface area contributed by atoms with Crippen LogP contribution in [0.5, 0.6) is 5.75 Å². The van der Waals surface area contributed by atoms with Gasteiger partial charge in [0, 0.05) is 51.5 Å². The number of likely N-dealkylation sites (tertiary alicyclic amines) is 1. The number of halogens is 1. The van der Waals surface area contributed by atoms with E-state index in [0.29, 0.717) is 0 Å². The quantitative estimate of drug-likeness (QED) is 0.359. The van der Waals surface area contributed by atoms with E-state index in [9.17, 15) is 0 Å². The summed E-state index contributed by atoms with van der Waals surface area (Å²) in [4.78, 5) is 11.9. The zero-order valence-electron chi connectivity index (χ0n) is 18.3. The van der Waals surface area contributed by atoms with E-state index in [-0.39, 0.29) is 24.0 Å². The summed E-state index contributed by atoms with van der Waals surface area (Å²) >= 11 is 0. The topological polar surface area (TPSA) is 43.3 Å². The van der Waals surface area contributed by atoms with Crippen molar-refractivity contribution in [1.29, 1.82) is 0 Å². The first-order valence-electron chi connectivity index (χ1n) is 10.8. The average molecular weight is 515 g/mol. The Bertz CT molecular complexity index is 625. The maximum Gasteiger partial charge on any atom is 0.193 e. The number of nitrogens with zero attached hydrogens (tertiary/aromatic N) is 4. The van der Waals surface area contributed by atoms with Gasteiger partial charge in [0.15, 0.2) is 5.96 Å². The molecule has 2 aliphatic heterocycles. The number of ether oxygens (including phenoxy) is 1. The molecule has 0 unspecified atom stereocenters. The van der Waals surface area contributed by atoms with Crippen molar-refractivity contribution in [3.63, 3.8) is 0 Å². The molecule has 0 saturated carbocycles. The van der Waals surface area contributed by atoms with Crippen LogP contribution in [0.4, 0.5) is 5.69 Å². The molecular weight excluding hydrogens is 477 g/mol. The molecule has 164 valence electrons. The molecule has 0 aromatic heterocycles. The highest BCUT2D eigenvalue weighted by Crippen LogP contribution is 2.22. The van der Waals surface area contributed by atoms with Gasteiger partial charge in [0.1, 0.15) is 5.75 Å². The minimum Gasteiger partial charge on any atom is -0.497 e. The molecule has 6 nitrogen and oxygen atoms in total. The summed E-state index contributed by atoms with van der Waals surface area (Å²) in [5, 5.41) is 3.61. The Balaban J connectivity index is 0.00000300. The van der Waals surface area contributed by atoms with Crippen LogP contribution in [0.2, 0.25) is 0 Å². The standard InChI is InChI=1S/C22H37N5O.HI/c1-4-25-12-9-19(10-13-25)8-11-24-22(23-2)27-16-14-26(15-17-27)20-6-5-7-21(18-20)28-3;/h5-7,18-19H,4,8-17H2,1-3H3,(H,23,24);1H. The average Bonchev–Trinajstić information content (AvgIpc) is 2.77. The lowest BCUT2D eigenvalue weighted by Gasteiger charge is -2.38. The van der Waals surface area contributed by atoms with Gasteiger partial charge in [-0.25, -0.2) is 0 Å². The van der Waals surface area contributed by atoms with Gasteiger partial charge in [0.05, 0.1) is 7.11 Å². The van der Waals surface area contributed by atoms with E-state index in [2.05, 4.69) is 50.1 Å². The molecule has 0 bridgehead atoms. The summed E-state index contributed by atoms with van der Waals surface area (Å²) in [7, 11) is 3.62. The number of anilines is 1. The first kappa shape index (κ1) is 24.1. The lowest BCUT2D eigenvalue weighted by molar-refractivity contribution is 0.187. The van der Waals surface area contributed by atoms with Crippen molar-refractivity contribution < 1.29 is 4.74 Å². The van der Waals surface area contributed by atoms with E-state index >= 15 is 0 Å². The fourth-order valence-corrected chi connectivity index (χ4v) is 4.30. The second-order valence-corrected chi connectivity index (χ2v) is 7.82. The fourth-order valence-electron chi connectivity index (χ4n) is 4.30. The Morgan fingerprint density at radius 1 is 1.14 bits per heavy atom. The molecule has 2 fully saturated rings. The van der Waals surface area contributed by atoms with Crippen LogP contribution in [0.1, 0.15) is 26.2 Å². The van der Waals surface area contributed by atoms with Gasteiger partial charge in [0.2, 0.25) is 0 Å². The Morgan fingerprint density at radius 2 is 1.86 bits per heavy atom. The Kier molecular flexibility index (Phi) is 10.3. The highest BCUT2D eigenvalue weighted by molar-refractivity contribution is 14.0. The minimum atomic E-state index is 0. The highest BCUT2D eigenvalue weighted by atomic mass is 127. The Hall–Kier alpha value is -1.22. The Labute approximate surface area is 193 Å². The second kappa shape index (κ2) is 12.5. The predicted molar refractivity (Wildman–Crippen MR) is 133 cm³/mol. The van der Waals surface area contributed by atoms with Crippen molar-refractivity contribution >= 4 is 35.6 Å². The molecule has 3 rings (SSSR count). The SMILES string of the molecule is CCN1CCC(CCNC(=NC)N2CCN(c3cccc(OC)c3)CC2)CC1.I. The van der Waals surface area contributed by atoms with Crippen molar-refractivity contribution in [3.8, 4) is 5.75 Å². The smallest absolute Gasteiger partial charge is 0.193 e. The monoisotopic (exact) mass is 515 g/mol. The number of piperazine rings is 1. The van der Waals surface area contributed by atoms with E-state index in [1.165, 1.54) is 44.6 Å². The van der Waals surface area contributed by atoms with Crippen molar-refractivity contribution in [3.05, 3.63) is 24.3 Å². The third kappa shape index (κ3) is 6.91. The number of nitrogens with one attached hydrogen (secondary N) is 1. The molecule has 2 heterocycles. The molecule has 1 N–H and O–H groups in total. The molecule has 0 radical (unpaired) electrons. The van der Waals surface area contributed by atoms with Gasteiger partial charge >= 0.3 is 0 Å². The molecule has 0 spiro atoms. The summed E-state index contributed by atoms with van der Waals surface area (Å²) < 4.78 is 5.36. The first-order chi connectivity index (χ1) is 13.7. The summed E-state index contributed by atoms with van der Waals surface area (Å²) in [6.07, 6.45) is 3.93. The van der Waals surface area contributed by atoms with Crippen molar-refractivity contribution in [2.24, 2.45) is 10.9 Å². The lowest BCUT2D eigenvalue weighted by Crippen LogP contribution is -2.52. The molecular formula is C22H38IN5O. The maximum atomic E-state index is 5.36. The predicted octanol–water partition coefficient (Wildman–Crippen LogP) is 3.13. The van der Waals surface area contributed by atoms with Crippen LogP contribution in [0, 0.1) is 5.92 Å². The van der Waals surface area contributed by atoms with E-state index in [0.717, 1.165) is 50.4 Å². The zero-order valence-corrected chi connectivity index (χ0v) is 20.6. The van der Waals surface area contributed by atoms with Gasteiger partial charge in [-0.15, -0.1) is 24.0 Å². The van der Waals surface area contributed by atoms with E-state index in [1.54, 1.807) is 7.11 Å². The van der Waals surface area contributed by atoms with E-state index < -0.39 is 0 Å². The van der Waals surface area contributed by atoms with Crippen molar-refractivity contribution in [2.75, 3.05) is 71.4 Å². The number of rotatable bonds is 6. The van der Waals surface area contributed by atoms with Gasteiger partial charge in [-0.3, -0.25) is 4.99 Å². The number of piperidine rings is 1. The van der Waals surface area contributed by atoms with Crippen molar-refractivity contribution in [2.45, 2.75) is 26.2 Å². The summed E-state index contributed by atoms with van der Waals surface area (Å²) in [6.45, 7) is 11.0. The van der Waals surface area contributed by atoms with E-state index in [1.807, 2.05) is 13.1 Å². The van der Waals surface area contributed by atoms with Crippen LogP contribution in [0.15, 0.2) is 29.3 Å². The van der Waals surface area contributed by atoms with Gasteiger partial charge in [0.25, 0.3) is 0 Å². The molecule has 0 aliphatic carbocycles. The minimum absolute atomic E-state index is 0. The third-order valence-electron chi connectivity index (χ3n) is 6.20. The Morgan fingerprint density at radius 3 is 2.48 bits per heavy atom. The number of hydrogen-bond acceptors (Lipinski definition) is 4. The summed E-state index contributed by atoms with van der Waals surface area (Å²) in [5.74, 6) is 2.83. The molecule has 1 aromatic carbocycles. The zero-order chi connectivity index (χ0) is 19.8. The van der Waals surface area contributed by atoms with Gasteiger partial charge < -0.3 is 24.8 Å². The van der Waals surface area contributed by atoms with Gasteiger partial charge in [-0.2, -0.15) is 0 Å². The van der Waals surface area contributed by atoms with E-state index in [4.69, 9.17) is 4.74 Å². The molecule has 0 atom stereocenters. The molecule has 2 aliphatic rings. The number of aliphatic imine (C=N–C) groups is 1. The molecule has 1 aromatic rings. The molecule has 7 heteroatoms. The van der Waals surface area contributed by atoms with Gasteiger partial charge in [-0.1, -0.05) is 13.0 Å². The fraction of sp³-hybridized carbons (Fsp3) is 0.682. The molecule has 2 saturated heterocycles. The molecule has 0 amide bonds. The highest BCUT2D eigenvalue weighted by Gasteiger charge is 2.21. The van der Waals surface area contributed by atoms with Crippen LogP contribution in [-0.2, 0) is 0 Å². The van der Waals surface area contributed by atoms with Crippen LogP contribution < -0.4 is 15.0 Å². The number of hydrogen-bond donors (Lipinski definition) is 1. The first-order valence-corrected chi connectivity index (χ1v) is 10.8. The lowest BCUT2D eigenvalue weighted by atomic mass is 9.93. The second-order valence-electron chi connectivity index (χ2n) is 7.82. The van der Waals surface area contributed by atoms with Crippen LogP contribution in [-0.4, -0.2) is 82.3 Å². The normalized spacial score (nSPS) is 19.1. The summed E-state index contributed by atoms with van der Waals surface area (Å²) in [6, 6.07) is 8.34. The number of benzene rings is 1.